The van der Waals surface area contributed by atoms with Crippen LogP contribution in [0, 0.1) is 5.92 Å². The lowest BCUT2D eigenvalue weighted by Gasteiger charge is -2.25. The van der Waals surface area contributed by atoms with Gasteiger partial charge in [0, 0.05) is 34.3 Å². The minimum atomic E-state index is -0.328. The fraction of sp³-hybridized carbons (Fsp3) is 0.727. The third-order valence-corrected chi connectivity index (χ3v) is 7.13. The topological polar surface area (TPSA) is 142 Å². The van der Waals surface area contributed by atoms with Gasteiger partial charge >= 0.3 is 23.9 Å². The predicted octanol–water partition coefficient (Wildman–Crippen LogP) is 9.00. The van der Waals surface area contributed by atoms with Crippen LogP contribution >= 0.6 is 0 Å². The van der Waals surface area contributed by atoms with Crippen molar-refractivity contribution in [1.29, 1.82) is 0 Å². The first kappa shape index (κ1) is 57.0. The van der Waals surface area contributed by atoms with Gasteiger partial charge in [-0.25, -0.2) is 0 Å². The Labute approximate surface area is 339 Å². The summed E-state index contributed by atoms with van der Waals surface area (Å²) in [6, 6.07) is 9.60. The summed E-state index contributed by atoms with van der Waals surface area (Å²) in [5.41, 5.74) is 0.689. The summed E-state index contributed by atoms with van der Waals surface area (Å²) in [4.78, 5) is 40.3. The predicted molar refractivity (Wildman–Crippen MR) is 221 cm³/mol. The number of methoxy groups -OCH3 is 1. The van der Waals surface area contributed by atoms with Crippen molar-refractivity contribution >= 4 is 23.9 Å². The van der Waals surface area contributed by atoms with Gasteiger partial charge in [-0.1, -0.05) is 56.3 Å². The third kappa shape index (κ3) is 46.8. The molecule has 3 aliphatic rings. The molecule has 0 radical (unpaired) electrons. The van der Waals surface area contributed by atoms with Crippen LogP contribution in [0.4, 0.5) is 0 Å². The zero-order valence-electron chi connectivity index (χ0n) is 37.5. The van der Waals surface area contributed by atoms with Crippen LogP contribution in [0.2, 0.25) is 0 Å². The van der Waals surface area contributed by atoms with Crippen molar-refractivity contribution in [3.63, 3.8) is 0 Å². The molecule has 12 heteroatoms. The molecule has 0 amide bonds. The fourth-order valence-electron chi connectivity index (χ4n) is 4.22. The molecular formula is C44H78O12. The molecule has 0 saturated carbocycles. The summed E-state index contributed by atoms with van der Waals surface area (Å²) >= 11 is 0. The van der Waals surface area contributed by atoms with Gasteiger partial charge in [0.2, 0.25) is 0 Å². The number of benzene rings is 1. The molecule has 2 saturated heterocycles. The Kier molecular flexibility index (Phi) is 36.7. The number of hydrogen-bond acceptors (Lipinski definition) is 12. The highest BCUT2D eigenvalue weighted by Gasteiger charge is 2.16. The Hall–Kier alpha value is -3.32. The lowest BCUT2D eigenvalue weighted by molar-refractivity contribution is -0.152. The van der Waals surface area contributed by atoms with E-state index in [0.29, 0.717) is 36.9 Å². The van der Waals surface area contributed by atoms with E-state index in [4.69, 9.17) is 28.4 Å². The number of esters is 4. The van der Waals surface area contributed by atoms with Gasteiger partial charge in [-0.15, -0.1) is 0 Å². The zero-order valence-corrected chi connectivity index (χ0v) is 37.5. The standard InChI is InChI=1S/C11H20O.C9H10O2.C6H12O2.2C5H10O2.C5H10O.C3H6O2/c1-9(2)10(3)12-11-7-5-4-6-8-11;1-8(10)11-7-9-5-3-2-4-6-9;1-5(7)8-6(2,3)4;1-5-4-6-2-3-7-5;1-4(2)7-5(3)6;1-5-3-2-4-6-5;1-3(4)5-2/h4-5,9-11H,6-8H2,1-3H3;2-6H,7H2,1H3;1-4H3;5H,2-4H2,1H3;4H,1-3H3;5H,2-4H2,1H3;1-2H3. The van der Waals surface area contributed by atoms with Gasteiger partial charge in [0.15, 0.2) is 0 Å². The number of allylic oxidation sites excluding steroid dienone is 1. The fourth-order valence-corrected chi connectivity index (χ4v) is 4.22. The quantitative estimate of drug-likeness (QED) is 0.154. The molecule has 12 nitrogen and oxygen atoms in total. The van der Waals surface area contributed by atoms with E-state index in [1.165, 1.54) is 60.5 Å². The minimum absolute atomic E-state index is 0.0255. The molecule has 56 heavy (non-hydrogen) atoms. The molecular weight excluding hydrogens is 720 g/mol. The van der Waals surface area contributed by atoms with Gasteiger partial charge in [0.25, 0.3) is 0 Å². The van der Waals surface area contributed by atoms with E-state index in [9.17, 15) is 19.2 Å². The Balaban J connectivity index is -0.000000597. The summed E-state index contributed by atoms with van der Waals surface area (Å²) in [5, 5.41) is 0. The van der Waals surface area contributed by atoms with Gasteiger partial charge in [-0.05, 0) is 99.0 Å². The van der Waals surface area contributed by atoms with Crippen LogP contribution < -0.4 is 0 Å². The van der Waals surface area contributed by atoms with Crippen LogP contribution in [0.15, 0.2) is 42.5 Å². The lowest BCUT2D eigenvalue weighted by atomic mass is 10.0. The van der Waals surface area contributed by atoms with Crippen molar-refractivity contribution in [2.75, 3.05) is 33.5 Å². The molecule has 1 aliphatic carbocycles. The van der Waals surface area contributed by atoms with Crippen LogP contribution in [-0.2, 0) is 63.7 Å². The van der Waals surface area contributed by atoms with E-state index in [1.807, 2.05) is 71.9 Å². The highest BCUT2D eigenvalue weighted by atomic mass is 16.6. The summed E-state index contributed by atoms with van der Waals surface area (Å²) in [5.74, 6) is -0.290. The number of hydrogen-bond donors (Lipinski definition) is 0. The van der Waals surface area contributed by atoms with E-state index >= 15 is 0 Å². The first-order valence-electron chi connectivity index (χ1n) is 19.8. The van der Waals surface area contributed by atoms with Gasteiger partial charge in [0.1, 0.15) is 12.2 Å². The minimum Gasteiger partial charge on any atom is -0.469 e. The van der Waals surface area contributed by atoms with Crippen LogP contribution in [0.5, 0.6) is 0 Å². The Morgan fingerprint density at radius 3 is 1.62 bits per heavy atom. The molecule has 0 spiro atoms. The zero-order chi connectivity index (χ0) is 43.5. The smallest absolute Gasteiger partial charge is 0.303 e. The Morgan fingerprint density at radius 1 is 0.768 bits per heavy atom. The van der Waals surface area contributed by atoms with E-state index in [-0.39, 0.29) is 35.6 Å². The summed E-state index contributed by atoms with van der Waals surface area (Å²) in [6.45, 7) is 29.1. The second-order valence-electron chi connectivity index (χ2n) is 14.9. The average molecular weight is 799 g/mol. The maximum absolute atomic E-state index is 10.4. The molecule has 0 N–H and O–H groups in total. The average Bonchev–Trinajstić information content (AvgIpc) is 3.59. The summed E-state index contributed by atoms with van der Waals surface area (Å²) in [7, 11) is 1.35. The molecule has 1 aromatic carbocycles. The van der Waals surface area contributed by atoms with Crippen LogP contribution in [0.1, 0.15) is 135 Å². The maximum Gasteiger partial charge on any atom is 0.303 e. The SMILES string of the molecule is CC(=O)OC(C)(C)C.CC(=O)OC(C)C.CC(=O)OCc1ccccc1.CC(C)C(C)OC1CC=CCC1.CC1CCCO1.CC1COCCO1.COC(C)=O. The second kappa shape index (κ2) is 36.0. The molecule has 2 fully saturated rings. The Morgan fingerprint density at radius 2 is 1.36 bits per heavy atom. The lowest BCUT2D eigenvalue weighted by Crippen LogP contribution is -2.25. The number of rotatable bonds is 6. The molecule has 1 aromatic rings. The molecule has 2 heterocycles. The first-order chi connectivity index (χ1) is 26.1. The van der Waals surface area contributed by atoms with Gasteiger partial charge < -0.3 is 37.9 Å². The monoisotopic (exact) mass is 799 g/mol. The number of carbonyl (C=O) groups is 4. The largest absolute Gasteiger partial charge is 0.469 e. The highest BCUT2D eigenvalue weighted by molar-refractivity contribution is 5.66. The van der Waals surface area contributed by atoms with Crippen molar-refractivity contribution in [3.05, 3.63) is 48.0 Å². The number of ether oxygens (including phenoxy) is 8. The van der Waals surface area contributed by atoms with Crippen molar-refractivity contribution in [3.8, 4) is 0 Å². The summed E-state index contributed by atoms with van der Waals surface area (Å²) in [6.07, 6.45) is 12.3. The van der Waals surface area contributed by atoms with Gasteiger partial charge in [-0.2, -0.15) is 0 Å². The van der Waals surface area contributed by atoms with Crippen molar-refractivity contribution in [1.82, 2.24) is 0 Å². The maximum atomic E-state index is 10.4. The van der Waals surface area contributed by atoms with E-state index < -0.39 is 0 Å². The van der Waals surface area contributed by atoms with Crippen LogP contribution in [0.3, 0.4) is 0 Å². The van der Waals surface area contributed by atoms with Crippen LogP contribution in [0.25, 0.3) is 0 Å². The molecule has 0 aromatic heterocycles. The van der Waals surface area contributed by atoms with Gasteiger partial charge in [0.05, 0.1) is 57.5 Å². The molecule has 4 unspecified atom stereocenters. The Bertz CT molecular complexity index is 1130. The van der Waals surface area contributed by atoms with Crippen molar-refractivity contribution in [2.45, 2.75) is 172 Å². The molecule has 2 aliphatic heterocycles. The summed E-state index contributed by atoms with van der Waals surface area (Å²) < 4.78 is 39.6. The van der Waals surface area contributed by atoms with Crippen molar-refractivity contribution in [2.24, 2.45) is 5.92 Å². The van der Waals surface area contributed by atoms with Gasteiger partial charge in [-0.3, -0.25) is 19.2 Å². The van der Waals surface area contributed by atoms with E-state index in [1.54, 1.807) is 0 Å². The van der Waals surface area contributed by atoms with Crippen molar-refractivity contribution < 1.29 is 57.1 Å². The number of carbonyl (C=O) groups excluding carboxylic acids is 4. The third-order valence-electron chi connectivity index (χ3n) is 7.13. The highest BCUT2D eigenvalue weighted by Crippen LogP contribution is 2.18. The first-order valence-corrected chi connectivity index (χ1v) is 19.8. The normalized spacial score (nSPS) is 18.6. The second-order valence-corrected chi connectivity index (χ2v) is 14.9. The van der Waals surface area contributed by atoms with E-state index in [0.717, 1.165) is 38.4 Å². The van der Waals surface area contributed by atoms with Crippen LogP contribution in [-0.4, -0.2) is 93.5 Å². The van der Waals surface area contributed by atoms with E-state index in [2.05, 4.69) is 49.3 Å². The molecule has 4 atom stereocenters. The molecule has 0 bridgehead atoms. The molecule has 326 valence electrons. The molecule has 4 rings (SSSR count).